The smallest absolute Gasteiger partial charge is 0.268 e. The lowest BCUT2D eigenvalue weighted by Gasteiger charge is -2.08. The van der Waals surface area contributed by atoms with E-state index in [9.17, 15) is 9.59 Å². The first-order valence-electron chi connectivity index (χ1n) is 6.94. The number of aromatic nitrogens is 1. The molecule has 2 aromatic carbocycles. The molecule has 2 amide bonds. The fraction of sp³-hybridized carbons (Fsp3) is 0. The monoisotopic (exact) mass is 321 g/mol. The molecule has 2 N–H and O–H groups in total. The third-order valence-electron chi connectivity index (χ3n) is 3.68. The van der Waals surface area contributed by atoms with Gasteiger partial charge in [0.15, 0.2) is 5.13 Å². The topological polar surface area (TPSA) is 76.3 Å². The number of imide groups is 1. The number of carbonyl (C=O) groups is 2. The molecule has 1 aromatic heterocycles. The van der Waals surface area contributed by atoms with Crippen LogP contribution in [0.5, 0.6) is 0 Å². The van der Waals surface area contributed by atoms with E-state index in [4.69, 9.17) is 5.73 Å². The Balaban J connectivity index is 1.72. The number of nitrogens with zero attached hydrogens (tertiary/aromatic N) is 2. The van der Waals surface area contributed by atoms with E-state index in [-0.39, 0.29) is 11.8 Å². The second-order valence-corrected chi connectivity index (χ2v) is 5.97. The molecule has 6 heteroatoms. The van der Waals surface area contributed by atoms with Gasteiger partial charge in [0.05, 0.1) is 16.8 Å². The minimum atomic E-state index is -0.330. The quantitative estimate of drug-likeness (QED) is 0.581. The summed E-state index contributed by atoms with van der Waals surface area (Å²) in [7, 11) is 0. The van der Waals surface area contributed by atoms with Crippen LogP contribution in [-0.4, -0.2) is 16.8 Å². The maximum atomic E-state index is 12.5. The number of anilines is 2. The van der Waals surface area contributed by atoms with Crippen LogP contribution in [0.2, 0.25) is 0 Å². The number of thiazole rings is 1. The van der Waals surface area contributed by atoms with Crippen molar-refractivity contribution in [1.29, 1.82) is 0 Å². The number of nitrogen functional groups attached to an aromatic ring is 1. The average molecular weight is 321 g/mol. The standard InChI is InChI=1S/C17H11N3O2S/c18-11-7-5-10(6-8-11)14-9-23-17(19-14)20-15(21)12-3-1-2-4-13(12)16(20)22/h1-9H,18H2. The molecule has 0 fully saturated rings. The number of rotatable bonds is 2. The van der Waals surface area contributed by atoms with Gasteiger partial charge in [0.2, 0.25) is 0 Å². The molecule has 0 bridgehead atoms. The molecule has 0 spiro atoms. The van der Waals surface area contributed by atoms with Crippen LogP contribution < -0.4 is 10.6 Å². The molecule has 0 atom stereocenters. The minimum absolute atomic E-state index is 0.330. The highest BCUT2D eigenvalue weighted by Gasteiger charge is 2.37. The SMILES string of the molecule is Nc1ccc(-c2csc(N3C(=O)c4ccccc4C3=O)n2)cc1. The van der Waals surface area contributed by atoms with Gasteiger partial charge in [-0.15, -0.1) is 11.3 Å². The van der Waals surface area contributed by atoms with Gasteiger partial charge < -0.3 is 5.73 Å². The van der Waals surface area contributed by atoms with E-state index in [1.807, 2.05) is 17.5 Å². The summed E-state index contributed by atoms with van der Waals surface area (Å²) in [5, 5.41) is 2.20. The zero-order valence-electron chi connectivity index (χ0n) is 11.9. The second-order valence-electron chi connectivity index (χ2n) is 5.13. The van der Waals surface area contributed by atoms with Crippen molar-refractivity contribution in [2.24, 2.45) is 0 Å². The number of amides is 2. The van der Waals surface area contributed by atoms with E-state index >= 15 is 0 Å². The Morgan fingerprint density at radius 2 is 1.52 bits per heavy atom. The summed E-state index contributed by atoms with van der Waals surface area (Å²) >= 11 is 1.27. The van der Waals surface area contributed by atoms with E-state index in [2.05, 4.69) is 4.98 Å². The molecule has 1 aliphatic heterocycles. The van der Waals surface area contributed by atoms with Crippen LogP contribution in [-0.2, 0) is 0 Å². The molecule has 4 rings (SSSR count). The first-order chi connectivity index (χ1) is 11.1. The fourth-order valence-electron chi connectivity index (χ4n) is 2.52. The molecule has 5 nitrogen and oxygen atoms in total. The zero-order valence-corrected chi connectivity index (χ0v) is 12.7. The first-order valence-corrected chi connectivity index (χ1v) is 7.82. The van der Waals surface area contributed by atoms with E-state index in [0.717, 1.165) is 10.5 Å². The zero-order chi connectivity index (χ0) is 16.0. The highest BCUT2D eigenvalue weighted by molar-refractivity contribution is 7.14. The third-order valence-corrected chi connectivity index (χ3v) is 4.51. The van der Waals surface area contributed by atoms with E-state index < -0.39 is 0 Å². The summed E-state index contributed by atoms with van der Waals surface area (Å²) in [6.07, 6.45) is 0. The van der Waals surface area contributed by atoms with Crippen molar-refractivity contribution in [3.05, 3.63) is 65.0 Å². The van der Waals surface area contributed by atoms with Gasteiger partial charge in [-0.1, -0.05) is 24.3 Å². The maximum Gasteiger partial charge on any atom is 0.268 e. The Morgan fingerprint density at radius 1 is 0.913 bits per heavy atom. The Bertz CT molecular complexity index is 896. The van der Waals surface area contributed by atoms with Crippen molar-refractivity contribution in [2.75, 3.05) is 10.6 Å². The molecule has 23 heavy (non-hydrogen) atoms. The predicted molar refractivity (Wildman–Crippen MR) is 89.5 cm³/mol. The van der Waals surface area contributed by atoms with Crippen molar-refractivity contribution in [3.63, 3.8) is 0 Å². The van der Waals surface area contributed by atoms with Crippen LogP contribution >= 0.6 is 11.3 Å². The first kappa shape index (κ1) is 13.7. The molecule has 112 valence electrons. The van der Waals surface area contributed by atoms with Gasteiger partial charge in [-0.2, -0.15) is 0 Å². The van der Waals surface area contributed by atoms with Crippen LogP contribution in [0.25, 0.3) is 11.3 Å². The molecule has 0 saturated heterocycles. The molecule has 0 radical (unpaired) electrons. The van der Waals surface area contributed by atoms with Crippen LogP contribution in [0.1, 0.15) is 20.7 Å². The number of benzene rings is 2. The number of hydrogen-bond acceptors (Lipinski definition) is 5. The summed E-state index contributed by atoms with van der Waals surface area (Å²) in [6.45, 7) is 0. The molecule has 0 unspecified atom stereocenters. The van der Waals surface area contributed by atoms with Crippen LogP contribution in [0.3, 0.4) is 0 Å². The summed E-state index contributed by atoms with van der Waals surface area (Å²) in [6, 6.07) is 14.1. The minimum Gasteiger partial charge on any atom is -0.399 e. The summed E-state index contributed by atoms with van der Waals surface area (Å²) in [5.74, 6) is -0.660. The van der Waals surface area contributed by atoms with Gasteiger partial charge in [-0.05, 0) is 24.3 Å². The van der Waals surface area contributed by atoms with Crippen LogP contribution in [0.15, 0.2) is 53.9 Å². The molecular weight excluding hydrogens is 310 g/mol. The highest BCUT2D eigenvalue weighted by atomic mass is 32.1. The Kier molecular flexibility index (Phi) is 2.99. The number of fused-ring (bicyclic) bond motifs is 1. The largest absolute Gasteiger partial charge is 0.399 e. The average Bonchev–Trinajstić information content (AvgIpc) is 3.13. The molecular formula is C17H11N3O2S. The van der Waals surface area contributed by atoms with E-state index in [1.54, 1.807) is 36.4 Å². The Labute approximate surface area is 136 Å². The molecule has 0 aliphatic carbocycles. The van der Waals surface area contributed by atoms with Crippen molar-refractivity contribution in [1.82, 2.24) is 4.98 Å². The summed E-state index contributed by atoms with van der Waals surface area (Å²) < 4.78 is 0. The van der Waals surface area contributed by atoms with Gasteiger partial charge in [0.25, 0.3) is 11.8 Å². The normalized spacial score (nSPS) is 13.5. The highest BCUT2D eigenvalue weighted by Crippen LogP contribution is 2.33. The fourth-order valence-corrected chi connectivity index (χ4v) is 3.34. The van der Waals surface area contributed by atoms with Crippen molar-refractivity contribution >= 4 is 34.0 Å². The van der Waals surface area contributed by atoms with Gasteiger partial charge in [-0.25, -0.2) is 9.88 Å². The Morgan fingerprint density at radius 3 is 2.13 bits per heavy atom. The lowest BCUT2D eigenvalue weighted by atomic mass is 10.1. The van der Waals surface area contributed by atoms with Crippen LogP contribution in [0.4, 0.5) is 10.8 Å². The lowest BCUT2D eigenvalue weighted by molar-refractivity contribution is 0.0926. The molecule has 2 heterocycles. The molecule has 3 aromatic rings. The summed E-state index contributed by atoms with van der Waals surface area (Å²) in [5.41, 5.74) is 8.78. The van der Waals surface area contributed by atoms with Gasteiger partial charge in [0.1, 0.15) is 0 Å². The van der Waals surface area contributed by atoms with Crippen LogP contribution in [0, 0.1) is 0 Å². The number of nitrogens with two attached hydrogens (primary N) is 1. The van der Waals surface area contributed by atoms with E-state index in [1.165, 1.54) is 11.3 Å². The van der Waals surface area contributed by atoms with Crippen molar-refractivity contribution in [3.8, 4) is 11.3 Å². The number of carbonyl (C=O) groups excluding carboxylic acids is 2. The van der Waals surface area contributed by atoms with Crippen molar-refractivity contribution in [2.45, 2.75) is 0 Å². The molecule has 1 aliphatic rings. The predicted octanol–water partition coefficient (Wildman–Crippen LogP) is 3.19. The third kappa shape index (κ3) is 2.11. The number of hydrogen-bond donors (Lipinski definition) is 1. The Hall–Kier alpha value is -2.99. The van der Waals surface area contributed by atoms with E-state index in [0.29, 0.717) is 27.6 Å². The van der Waals surface area contributed by atoms with Gasteiger partial charge >= 0.3 is 0 Å². The summed E-state index contributed by atoms with van der Waals surface area (Å²) in [4.78, 5) is 30.5. The van der Waals surface area contributed by atoms with Gasteiger partial charge in [-0.3, -0.25) is 9.59 Å². The van der Waals surface area contributed by atoms with Crippen molar-refractivity contribution < 1.29 is 9.59 Å². The lowest BCUT2D eigenvalue weighted by Crippen LogP contribution is -2.29. The molecule has 0 saturated carbocycles. The maximum absolute atomic E-state index is 12.5. The van der Waals surface area contributed by atoms with Gasteiger partial charge in [0, 0.05) is 16.6 Å². The second kappa shape index (κ2) is 5.03.